The number of rotatable bonds is 8. The molecule has 0 unspecified atom stereocenters. The Labute approximate surface area is 212 Å². The van der Waals surface area contributed by atoms with Crippen LogP contribution in [0.2, 0.25) is 0 Å². The average molecular weight is 508 g/mol. The number of carbonyl (C=O) groups is 2. The van der Waals surface area contributed by atoms with Crippen LogP contribution in [0, 0.1) is 15.9 Å². The highest BCUT2D eigenvalue weighted by Crippen LogP contribution is 2.38. The van der Waals surface area contributed by atoms with Gasteiger partial charge in [-0.3, -0.25) is 19.7 Å². The number of hydrogen-bond acceptors (Lipinski definition) is 5. The van der Waals surface area contributed by atoms with Crippen LogP contribution in [-0.2, 0) is 16.0 Å². The van der Waals surface area contributed by atoms with Crippen molar-refractivity contribution in [2.45, 2.75) is 25.8 Å². The van der Waals surface area contributed by atoms with E-state index in [4.69, 9.17) is 0 Å². The fraction of sp³-hybridized carbons (Fsp3) is 0.259. The van der Waals surface area contributed by atoms with Gasteiger partial charge in [0.25, 0.3) is 5.69 Å². The van der Waals surface area contributed by atoms with Crippen molar-refractivity contribution >= 4 is 34.9 Å². The summed E-state index contributed by atoms with van der Waals surface area (Å²) in [4.78, 5) is 41.3. The van der Waals surface area contributed by atoms with Gasteiger partial charge in [-0.1, -0.05) is 19.1 Å². The van der Waals surface area contributed by atoms with Gasteiger partial charge in [0.1, 0.15) is 12.4 Å². The maximum atomic E-state index is 13.6. The second-order valence-corrected chi connectivity index (χ2v) is 9.53. The number of amides is 2. The van der Waals surface area contributed by atoms with E-state index in [0.29, 0.717) is 25.1 Å². The molecule has 0 radical (unpaired) electrons. The number of nitro benzene ring substituents is 1. The van der Waals surface area contributed by atoms with Crippen LogP contribution in [0.15, 0.2) is 66.1 Å². The largest absolute Gasteiger partial charge is 0.330 e. The van der Waals surface area contributed by atoms with Gasteiger partial charge in [-0.2, -0.15) is 0 Å². The Morgan fingerprint density at radius 1 is 1.17 bits per heavy atom. The predicted octanol–water partition coefficient (Wildman–Crippen LogP) is 5.22. The number of benzene rings is 2. The number of nitro groups is 1. The van der Waals surface area contributed by atoms with Gasteiger partial charge in [0.2, 0.25) is 11.8 Å². The molecule has 0 saturated carbocycles. The lowest BCUT2D eigenvalue weighted by atomic mass is 9.93. The lowest BCUT2D eigenvalue weighted by molar-refractivity contribution is -0.384. The first-order valence-electron chi connectivity index (χ1n) is 11.7. The quantitative estimate of drug-likeness (QED) is 0.238. The van der Waals surface area contributed by atoms with Gasteiger partial charge in [0.05, 0.1) is 11.0 Å². The molecular weight excluding hydrogens is 481 g/mol. The van der Waals surface area contributed by atoms with Crippen molar-refractivity contribution in [1.29, 1.82) is 0 Å². The number of fused-ring (bicyclic) bond motifs is 1. The van der Waals surface area contributed by atoms with Crippen LogP contribution in [0.1, 0.15) is 41.0 Å². The van der Waals surface area contributed by atoms with Crippen molar-refractivity contribution in [2.24, 2.45) is 0 Å². The second-order valence-electron chi connectivity index (χ2n) is 8.53. The van der Waals surface area contributed by atoms with Gasteiger partial charge in [-0.05, 0) is 71.3 Å². The van der Waals surface area contributed by atoms with E-state index in [1.54, 1.807) is 46.6 Å². The maximum Gasteiger partial charge on any atom is 0.269 e. The molecule has 1 aliphatic rings. The van der Waals surface area contributed by atoms with Crippen molar-refractivity contribution in [3.63, 3.8) is 0 Å². The van der Waals surface area contributed by atoms with Crippen LogP contribution in [0.3, 0.4) is 0 Å². The smallest absolute Gasteiger partial charge is 0.269 e. The summed E-state index contributed by atoms with van der Waals surface area (Å²) < 4.78 is 13.6. The highest BCUT2D eigenvalue weighted by atomic mass is 32.1. The number of carbonyl (C=O) groups excluding carboxylic acids is 2. The van der Waals surface area contributed by atoms with E-state index < -0.39 is 4.92 Å². The van der Waals surface area contributed by atoms with E-state index in [2.05, 4.69) is 0 Å². The molecule has 3 aromatic rings. The first-order valence-corrected chi connectivity index (χ1v) is 12.6. The van der Waals surface area contributed by atoms with Crippen LogP contribution in [0.25, 0.3) is 6.08 Å². The molecule has 0 fully saturated rings. The van der Waals surface area contributed by atoms with Gasteiger partial charge in [0.15, 0.2) is 0 Å². The minimum Gasteiger partial charge on any atom is -0.330 e. The van der Waals surface area contributed by atoms with E-state index in [-0.39, 0.29) is 35.9 Å². The van der Waals surface area contributed by atoms with Crippen molar-refractivity contribution in [3.05, 3.63) is 104 Å². The van der Waals surface area contributed by atoms with Crippen molar-refractivity contribution in [1.82, 2.24) is 9.80 Å². The minimum atomic E-state index is -0.480. The summed E-state index contributed by atoms with van der Waals surface area (Å²) in [6, 6.07) is 13.8. The third-order valence-electron chi connectivity index (χ3n) is 6.13. The number of nitrogens with zero attached hydrogens (tertiary/aromatic N) is 3. The molecule has 0 N–H and O–H groups in total. The van der Waals surface area contributed by atoms with E-state index in [0.717, 1.165) is 17.5 Å². The number of hydrogen-bond donors (Lipinski definition) is 0. The van der Waals surface area contributed by atoms with Crippen LogP contribution in [0.4, 0.5) is 10.1 Å². The molecule has 36 heavy (non-hydrogen) atoms. The van der Waals surface area contributed by atoms with Crippen LogP contribution in [-0.4, -0.2) is 46.2 Å². The molecule has 2 heterocycles. The molecule has 2 aromatic carbocycles. The first-order chi connectivity index (χ1) is 17.4. The Morgan fingerprint density at radius 3 is 2.56 bits per heavy atom. The van der Waals surface area contributed by atoms with E-state index in [1.807, 2.05) is 18.4 Å². The summed E-state index contributed by atoms with van der Waals surface area (Å²) in [5.74, 6) is -0.820. The fourth-order valence-electron chi connectivity index (χ4n) is 4.36. The Morgan fingerprint density at radius 2 is 1.89 bits per heavy atom. The Bertz CT molecular complexity index is 1270. The lowest BCUT2D eigenvalue weighted by Gasteiger charge is -2.37. The van der Waals surface area contributed by atoms with Crippen molar-refractivity contribution < 1.29 is 18.9 Å². The zero-order valence-electron chi connectivity index (χ0n) is 19.8. The van der Waals surface area contributed by atoms with Crippen LogP contribution < -0.4 is 0 Å². The molecule has 1 aliphatic heterocycles. The third kappa shape index (κ3) is 5.68. The zero-order chi connectivity index (χ0) is 25.7. The third-order valence-corrected chi connectivity index (χ3v) is 7.12. The SMILES string of the molecule is CCCN(CC(=O)N1CCc2sccc2[C@@H]1c1ccc(F)cc1)C(=O)/C=C/c1ccc([N+](=O)[O-])cc1. The maximum absolute atomic E-state index is 13.6. The molecule has 0 aliphatic carbocycles. The monoisotopic (exact) mass is 507 g/mol. The normalized spacial score (nSPS) is 15.1. The Kier molecular flexibility index (Phi) is 7.90. The highest BCUT2D eigenvalue weighted by molar-refractivity contribution is 7.10. The molecule has 0 spiro atoms. The molecule has 0 saturated heterocycles. The summed E-state index contributed by atoms with van der Waals surface area (Å²) >= 11 is 1.65. The summed E-state index contributed by atoms with van der Waals surface area (Å²) in [6.45, 7) is 2.79. The molecule has 7 nitrogen and oxygen atoms in total. The minimum absolute atomic E-state index is 0.0253. The zero-order valence-corrected chi connectivity index (χ0v) is 20.6. The molecule has 186 valence electrons. The number of halogens is 1. The van der Waals surface area contributed by atoms with Gasteiger partial charge >= 0.3 is 0 Å². The topological polar surface area (TPSA) is 83.8 Å². The molecule has 9 heteroatoms. The molecule has 1 aromatic heterocycles. The summed E-state index contributed by atoms with van der Waals surface area (Å²) in [5.41, 5.74) is 2.49. The van der Waals surface area contributed by atoms with E-state index in [1.165, 1.54) is 40.1 Å². The Balaban J connectivity index is 1.51. The van der Waals surface area contributed by atoms with Crippen LogP contribution >= 0.6 is 11.3 Å². The number of non-ortho nitro benzene ring substituents is 1. The Hall–Kier alpha value is -3.85. The first kappa shape index (κ1) is 25.2. The fourth-order valence-corrected chi connectivity index (χ4v) is 5.26. The van der Waals surface area contributed by atoms with Gasteiger partial charge < -0.3 is 9.80 Å². The van der Waals surface area contributed by atoms with E-state index in [9.17, 15) is 24.1 Å². The van der Waals surface area contributed by atoms with Crippen molar-refractivity contribution in [2.75, 3.05) is 19.6 Å². The second kappa shape index (κ2) is 11.3. The summed E-state index contributed by atoms with van der Waals surface area (Å²) in [5, 5.41) is 12.8. The predicted molar refractivity (Wildman–Crippen MR) is 137 cm³/mol. The van der Waals surface area contributed by atoms with Gasteiger partial charge in [0, 0.05) is 36.2 Å². The lowest BCUT2D eigenvalue weighted by Crippen LogP contribution is -2.46. The van der Waals surface area contributed by atoms with Gasteiger partial charge in [-0.25, -0.2) is 4.39 Å². The average Bonchev–Trinajstić information content (AvgIpc) is 3.36. The standard InChI is InChI=1S/C27H26FN3O4S/c1-2-15-29(25(32)12-5-19-3-10-22(11-4-19)31(34)35)18-26(33)30-16-13-24-23(14-17-36-24)27(30)20-6-8-21(28)9-7-20/h3-12,14,17,27H,2,13,15-16,18H2,1H3/b12-5+/t27-/m0/s1. The van der Waals surface area contributed by atoms with Crippen molar-refractivity contribution in [3.8, 4) is 0 Å². The van der Waals surface area contributed by atoms with Gasteiger partial charge in [-0.15, -0.1) is 11.3 Å². The van der Waals surface area contributed by atoms with Crippen LogP contribution in [0.5, 0.6) is 0 Å². The summed E-state index contributed by atoms with van der Waals surface area (Å²) in [6.07, 6.45) is 4.38. The molecule has 4 rings (SSSR count). The molecule has 2 amide bonds. The molecule has 0 bridgehead atoms. The number of thiophene rings is 1. The molecule has 1 atom stereocenters. The van der Waals surface area contributed by atoms with E-state index >= 15 is 0 Å². The highest BCUT2D eigenvalue weighted by Gasteiger charge is 2.33. The summed E-state index contributed by atoms with van der Waals surface area (Å²) in [7, 11) is 0. The molecular formula is C27H26FN3O4S.